The fourth-order valence-electron chi connectivity index (χ4n) is 2.36. The second-order valence-electron chi connectivity index (χ2n) is 4.80. The maximum absolute atomic E-state index is 4.25. The molecule has 0 bridgehead atoms. The third kappa shape index (κ3) is 3.66. The Hall–Kier alpha value is -1.16. The summed E-state index contributed by atoms with van der Waals surface area (Å²) >= 11 is 0. The minimum Gasteiger partial charge on any atom is -0.367 e. The first kappa shape index (κ1) is 12.3. The number of nitrogens with zero attached hydrogens (tertiary/aromatic N) is 3. The van der Waals surface area contributed by atoms with Crippen LogP contribution in [-0.4, -0.2) is 40.5 Å². The topological polar surface area (TPSA) is 41.0 Å². The summed E-state index contributed by atoms with van der Waals surface area (Å²) in [5.41, 5.74) is 1.02. The molecule has 1 aliphatic heterocycles. The Morgan fingerprint density at radius 2 is 2.12 bits per heavy atom. The molecule has 0 amide bonds. The molecule has 1 aliphatic rings. The number of hydrogen-bond acceptors (Lipinski definition) is 4. The number of hydrogen-bond donors (Lipinski definition) is 1. The Labute approximate surface area is 103 Å². The van der Waals surface area contributed by atoms with Gasteiger partial charge >= 0.3 is 0 Å². The van der Waals surface area contributed by atoms with Gasteiger partial charge in [0.25, 0.3) is 0 Å². The summed E-state index contributed by atoms with van der Waals surface area (Å²) in [6.07, 6.45) is 5.30. The minimum atomic E-state index is 0.567. The Balaban J connectivity index is 1.82. The van der Waals surface area contributed by atoms with Gasteiger partial charge in [0.15, 0.2) is 0 Å². The van der Waals surface area contributed by atoms with Gasteiger partial charge in [-0.3, -0.25) is 0 Å². The van der Waals surface area contributed by atoms with Gasteiger partial charge in [0, 0.05) is 30.9 Å². The SMILES string of the molecule is CCCN1CCC(Nc2cc(C)ncn2)CC1. The highest BCUT2D eigenvalue weighted by atomic mass is 15.1. The number of nitrogens with one attached hydrogen (secondary N) is 1. The zero-order valence-electron chi connectivity index (χ0n) is 10.8. The molecular weight excluding hydrogens is 212 g/mol. The van der Waals surface area contributed by atoms with E-state index < -0.39 is 0 Å². The van der Waals surface area contributed by atoms with E-state index in [0.717, 1.165) is 11.5 Å². The predicted molar refractivity (Wildman–Crippen MR) is 70.1 cm³/mol. The van der Waals surface area contributed by atoms with Crippen LogP contribution in [0.25, 0.3) is 0 Å². The van der Waals surface area contributed by atoms with E-state index >= 15 is 0 Å². The molecule has 4 heteroatoms. The van der Waals surface area contributed by atoms with Crippen LogP contribution >= 0.6 is 0 Å². The smallest absolute Gasteiger partial charge is 0.129 e. The summed E-state index contributed by atoms with van der Waals surface area (Å²) in [5.74, 6) is 0.964. The van der Waals surface area contributed by atoms with Gasteiger partial charge in [0.1, 0.15) is 12.1 Å². The molecule has 94 valence electrons. The predicted octanol–water partition coefficient (Wildman–Crippen LogP) is 2.07. The van der Waals surface area contributed by atoms with Gasteiger partial charge in [0.2, 0.25) is 0 Å². The molecule has 1 aromatic rings. The van der Waals surface area contributed by atoms with Gasteiger partial charge in [-0.2, -0.15) is 0 Å². The monoisotopic (exact) mass is 234 g/mol. The Bertz CT molecular complexity index is 345. The van der Waals surface area contributed by atoms with Crippen LogP contribution < -0.4 is 5.32 Å². The average molecular weight is 234 g/mol. The maximum atomic E-state index is 4.25. The van der Waals surface area contributed by atoms with Gasteiger partial charge < -0.3 is 10.2 Å². The molecule has 1 N–H and O–H groups in total. The molecule has 0 atom stereocenters. The van der Waals surface area contributed by atoms with Gasteiger partial charge in [-0.1, -0.05) is 6.92 Å². The Morgan fingerprint density at radius 1 is 1.35 bits per heavy atom. The van der Waals surface area contributed by atoms with E-state index in [4.69, 9.17) is 0 Å². The minimum absolute atomic E-state index is 0.567. The van der Waals surface area contributed by atoms with E-state index in [9.17, 15) is 0 Å². The molecule has 17 heavy (non-hydrogen) atoms. The van der Waals surface area contributed by atoms with Crippen molar-refractivity contribution in [2.24, 2.45) is 0 Å². The van der Waals surface area contributed by atoms with Crippen LogP contribution in [0, 0.1) is 6.92 Å². The van der Waals surface area contributed by atoms with E-state index in [1.165, 1.54) is 38.9 Å². The van der Waals surface area contributed by atoms with Gasteiger partial charge in [0.05, 0.1) is 0 Å². The highest BCUT2D eigenvalue weighted by Crippen LogP contribution is 2.15. The lowest BCUT2D eigenvalue weighted by atomic mass is 10.0. The van der Waals surface area contributed by atoms with Crippen LogP contribution in [-0.2, 0) is 0 Å². The second kappa shape index (κ2) is 5.96. The number of aromatic nitrogens is 2. The first-order valence-corrected chi connectivity index (χ1v) is 6.55. The van der Waals surface area contributed by atoms with Crippen LogP contribution in [0.2, 0.25) is 0 Å². The van der Waals surface area contributed by atoms with Crippen molar-refractivity contribution in [3.8, 4) is 0 Å². The third-order valence-corrected chi connectivity index (χ3v) is 3.28. The van der Waals surface area contributed by atoms with E-state index in [-0.39, 0.29) is 0 Å². The summed E-state index contributed by atoms with van der Waals surface area (Å²) in [4.78, 5) is 10.9. The fraction of sp³-hybridized carbons (Fsp3) is 0.692. The van der Waals surface area contributed by atoms with E-state index in [1.54, 1.807) is 6.33 Å². The summed E-state index contributed by atoms with van der Waals surface area (Å²) in [6, 6.07) is 2.58. The van der Waals surface area contributed by atoms with Crippen LogP contribution in [0.4, 0.5) is 5.82 Å². The van der Waals surface area contributed by atoms with E-state index in [2.05, 4.69) is 27.1 Å². The molecule has 0 aromatic carbocycles. The molecule has 1 aromatic heterocycles. The molecule has 0 unspecified atom stereocenters. The number of likely N-dealkylation sites (tertiary alicyclic amines) is 1. The summed E-state index contributed by atoms with van der Waals surface area (Å²) < 4.78 is 0. The molecule has 2 heterocycles. The quantitative estimate of drug-likeness (QED) is 0.866. The van der Waals surface area contributed by atoms with Crippen molar-refractivity contribution in [3.05, 3.63) is 18.1 Å². The van der Waals surface area contributed by atoms with Gasteiger partial charge in [-0.25, -0.2) is 9.97 Å². The largest absolute Gasteiger partial charge is 0.367 e. The standard InChI is InChI=1S/C13H22N4/c1-3-6-17-7-4-12(5-8-17)16-13-9-11(2)14-10-15-13/h9-10,12H,3-8H2,1-2H3,(H,14,15,16). The number of anilines is 1. The van der Waals surface area contributed by atoms with Crippen molar-refractivity contribution < 1.29 is 0 Å². The lowest BCUT2D eigenvalue weighted by Gasteiger charge is -2.32. The first-order chi connectivity index (χ1) is 8.28. The Morgan fingerprint density at radius 3 is 2.76 bits per heavy atom. The molecule has 4 nitrogen and oxygen atoms in total. The van der Waals surface area contributed by atoms with E-state index in [0.29, 0.717) is 6.04 Å². The third-order valence-electron chi connectivity index (χ3n) is 3.28. The Kier molecular flexibility index (Phi) is 4.31. The summed E-state index contributed by atoms with van der Waals surface area (Å²) in [7, 11) is 0. The molecule has 0 spiro atoms. The molecule has 1 fully saturated rings. The fourth-order valence-corrected chi connectivity index (χ4v) is 2.36. The molecule has 0 radical (unpaired) electrons. The van der Waals surface area contributed by atoms with Crippen LogP contribution in [0.1, 0.15) is 31.9 Å². The van der Waals surface area contributed by atoms with Crippen molar-refractivity contribution in [1.29, 1.82) is 0 Å². The van der Waals surface area contributed by atoms with Crippen molar-refractivity contribution in [1.82, 2.24) is 14.9 Å². The molecule has 1 saturated heterocycles. The van der Waals surface area contributed by atoms with Crippen molar-refractivity contribution >= 4 is 5.82 Å². The van der Waals surface area contributed by atoms with E-state index in [1.807, 2.05) is 13.0 Å². The summed E-state index contributed by atoms with van der Waals surface area (Å²) in [5, 5.41) is 3.51. The number of aryl methyl sites for hydroxylation is 1. The van der Waals surface area contributed by atoms with Crippen LogP contribution in [0.5, 0.6) is 0 Å². The normalized spacial score (nSPS) is 18.2. The lowest BCUT2D eigenvalue weighted by Crippen LogP contribution is -2.39. The highest BCUT2D eigenvalue weighted by Gasteiger charge is 2.18. The molecule has 0 aliphatic carbocycles. The highest BCUT2D eigenvalue weighted by molar-refractivity contribution is 5.35. The second-order valence-corrected chi connectivity index (χ2v) is 4.80. The number of rotatable bonds is 4. The molecular formula is C13H22N4. The summed E-state index contributed by atoms with van der Waals surface area (Å²) in [6.45, 7) is 7.88. The zero-order chi connectivity index (χ0) is 12.1. The van der Waals surface area contributed by atoms with Gasteiger partial charge in [-0.05, 0) is 32.7 Å². The molecule has 2 rings (SSSR count). The molecule has 0 saturated carbocycles. The van der Waals surface area contributed by atoms with Crippen molar-refractivity contribution in [2.75, 3.05) is 25.0 Å². The van der Waals surface area contributed by atoms with Crippen LogP contribution in [0.3, 0.4) is 0 Å². The van der Waals surface area contributed by atoms with Gasteiger partial charge in [-0.15, -0.1) is 0 Å². The maximum Gasteiger partial charge on any atom is 0.129 e. The first-order valence-electron chi connectivity index (χ1n) is 6.55. The number of piperidine rings is 1. The zero-order valence-corrected chi connectivity index (χ0v) is 10.8. The average Bonchev–Trinajstić information content (AvgIpc) is 2.32. The lowest BCUT2D eigenvalue weighted by molar-refractivity contribution is 0.219. The van der Waals surface area contributed by atoms with Crippen LogP contribution in [0.15, 0.2) is 12.4 Å². The van der Waals surface area contributed by atoms with Crippen molar-refractivity contribution in [2.45, 2.75) is 39.2 Å². The van der Waals surface area contributed by atoms with Crippen molar-refractivity contribution in [3.63, 3.8) is 0 Å².